The van der Waals surface area contributed by atoms with Crippen LogP contribution in [0.3, 0.4) is 0 Å². The summed E-state index contributed by atoms with van der Waals surface area (Å²) in [5.41, 5.74) is 3.84. The van der Waals surface area contributed by atoms with Crippen LogP contribution in [-0.4, -0.2) is 35.6 Å². The summed E-state index contributed by atoms with van der Waals surface area (Å²) in [7, 11) is 1.73. The summed E-state index contributed by atoms with van der Waals surface area (Å²) < 4.78 is 5.41. The van der Waals surface area contributed by atoms with Gasteiger partial charge in [-0.2, -0.15) is 0 Å². The van der Waals surface area contributed by atoms with Gasteiger partial charge in [0.1, 0.15) is 5.75 Å². The van der Waals surface area contributed by atoms with Gasteiger partial charge in [-0.15, -0.1) is 0 Å². The molecule has 0 aliphatic rings. The third kappa shape index (κ3) is 3.41. The molecule has 1 aromatic carbocycles. The number of aromatic nitrogens is 1. The summed E-state index contributed by atoms with van der Waals surface area (Å²) in [5, 5.41) is 1.29. The molecule has 1 aromatic heterocycles. The van der Waals surface area contributed by atoms with Crippen molar-refractivity contribution in [2.24, 2.45) is 0 Å². The highest BCUT2D eigenvalue weighted by atomic mass is 16.5. The number of hydrogen-bond donors (Lipinski definition) is 1. The lowest BCUT2D eigenvalue weighted by Crippen LogP contribution is -2.38. The minimum absolute atomic E-state index is 0.575. The van der Waals surface area contributed by atoms with Gasteiger partial charge in [-0.05, 0) is 64.3 Å². The lowest BCUT2D eigenvalue weighted by molar-refractivity contribution is 0.177. The molecule has 1 heterocycles. The smallest absolute Gasteiger partial charge is 0.119 e. The highest BCUT2D eigenvalue weighted by Gasteiger charge is 2.15. The molecule has 21 heavy (non-hydrogen) atoms. The van der Waals surface area contributed by atoms with Crippen LogP contribution in [0.1, 0.15) is 38.8 Å². The molecule has 0 aliphatic heterocycles. The van der Waals surface area contributed by atoms with E-state index in [1.54, 1.807) is 7.11 Å². The van der Waals surface area contributed by atoms with Gasteiger partial charge < -0.3 is 9.72 Å². The SMILES string of the molecule is COc1cc(C)c2[nH]cc(CCN(C(C)C)C(C)C)c2c1. The lowest BCUT2D eigenvalue weighted by Gasteiger charge is -2.30. The molecule has 3 heteroatoms. The summed E-state index contributed by atoms with van der Waals surface area (Å²) in [4.78, 5) is 5.95. The number of aromatic amines is 1. The van der Waals surface area contributed by atoms with E-state index >= 15 is 0 Å². The molecule has 2 aromatic rings. The van der Waals surface area contributed by atoms with Crippen molar-refractivity contribution >= 4 is 10.9 Å². The summed E-state index contributed by atoms with van der Waals surface area (Å²) in [5.74, 6) is 0.936. The number of methoxy groups -OCH3 is 1. The standard InChI is InChI=1S/C18H28N2O/c1-12(2)20(13(3)4)8-7-15-11-19-18-14(5)9-16(21-6)10-17(15)18/h9-13,19H,7-8H2,1-6H3. The number of fused-ring (bicyclic) bond motifs is 1. The van der Waals surface area contributed by atoms with Crippen LogP contribution in [0.15, 0.2) is 18.3 Å². The van der Waals surface area contributed by atoms with Gasteiger partial charge in [-0.3, -0.25) is 4.90 Å². The minimum Gasteiger partial charge on any atom is -0.497 e. The molecule has 0 bridgehead atoms. The van der Waals surface area contributed by atoms with Gasteiger partial charge in [0, 0.05) is 35.7 Å². The molecule has 0 spiro atoms. The van der Waals surface area contributed by atoms with Gasteiger partial charge in [0.15, 0.2) is 0 Å². The summed E-state index contributed by atoms with van der Waals surface area (Å²) in [6.45, 7) is 12.3. The van der Waals surface area contributed by atoms with E-state index < -0.39 is 0 Å². The maximum atomic E-state index is 5.41. The van der Waals surface area contributed by atoms with E-state index in [1.807, 2.05) is 0 Å². The molecule has 0 radical (unpaired) electrons. The number of benzene rings is 1. The first-order valence-corrected chi connectivity index (χ1v) is 7.84. The van der Waals surface area contributed by atoms with Crippen molar-refractivity contribution in [2.75, 3.05) is 13.7 Å². The normalized spacial score (nSPS) is 12.0. The van der Waals surface area contributed by atoms with Crippen LogP contribution in [0.5, 0.6) is 5.75 Å². The molecule has 2 rings (SSSR count). The molecule has 0 saturated heterocycles. The Bertz CT molecular complexity index is 591. The highest BCUT2D eigenvalue weighted by molar-refractivity contribution is 5.87. The Morgan fingerprint density at radius 1 is 1.14 bits per heavy atom. The largest absolute Gasteiger partial charge is 0.497 e. The van der Waals surface area contributed by atoms with Gasteiger partial charge >= 0.3 is 0 Å². The monoisotopic (exact) mass is 288 g/mol. The van der Waals surface area contributed by atoms with E-state index in [-0.39, 0.29) is 0 Å². The second-order valence-corrected chi connectivity index (χ2v) is 6.36. The third-order valence-corrected chi connectivity index (χ3v) is 4.25. The molecule has 116 valence electrons. The zero-order chi connectivity index (χ0) is 15.6. The van der Waals surface area contributed by atoms with Crippen molar-refractivity contribution in [1.82, 2.24) is 9.88 Å². The Morgan fingerprint density at radius 3 is 2.38 bits per heavy atom. The summed E-state index contributed by atoms with van der Waals surface area (Å²) in [6.07, 6.45) is 3.21. The van der Waals surface area contributed by atoms with Crippen molar-refractivity contribution in [1.29, 1.82) is 0 Å². The maximum absolute atomic E-state index is 5.41. The molecule has 0 saturated carbocycles. The molecule has 0 fully saturated rings. The molecule has 0 aliphatic carbocycles. The van der Waals surface area contributed by atoms with E-state index in [2.05, 4.69) is 62.8 Å². The average molecular weight is 288 g/mol. The van der Waals surface area contributed by atoms with Gasteiger partial charge in [-0.1, -0.05) is 0 Å². The molecular weight excluding hydrogens is 260 g/mol. The molecule has 0 amide bonds. The van der Waals surface area contributed by atoms with Crippen molar-refractivity contribution in [3.63, 3.8) is 0 Å². The Hall–Kier alpha value is -1.48. The predicted molar refractivity (Wildman–Crippen MR) is 90.3 cm³/mol. The van der Waals surface area contributed by atoms with Crippen molar-refractivity contribution in [2.45, 2.75) is 53.1 Å². The Morgan fingerprint density at radius 2 is 1.81 bits per heavy atom. The average Bonchev–Trinajstić information content (AvgIpc) is 2.82. The lowest BCUT2D eigenvalue weighted by atomic mass is 10.1. The fourth-order valence-electron chi connectivity index (χ4n) is 3.12. The summed E-state index contributed by atoms with van der Waals surface area (Å²) in [6, 6.07) is 5.37. The fraction of sp³-hybridized carbons (Fsp3) is 0.556. The first kappa shape index (κ1) is 15.9. The van der Waals surface area contributed by atoms with E-state index in [0.717, 1.165) is 18.7 Å². The van der Waals surface area contributed by atoms with E-state index in [9.17, 15) is 0 Å². The van der Waals surface area contributed by atoms with Crippen LogP contribution < -0.4 is 4.74 Å². The van der Waals surface area contributed by atoms with Crippen molar-refractivity contribution in [3.8, 4) is 5.75 Å². The number of aryl methyl sites for hydroxylation is 1. The minimum atomic E-state index is 0.575. The van der Waals surface area contributed by atoms with Crippen molar-refractivity contribution in [3.05, 3.63) is 29.5 Å². The van der Waals surface area contributed by atoms with Crippen LogP contribution in [0, 0.1) is 6.92 Å². The number of nitrogens with one attached hydrogen (secondary N) is 1. The van der Waals surface area contributed by atoms with Crippen LogP contribution in [0.4, 0.5) is 0 Å². The van der Waals surface area contributed by atoms with Crippen LogP contribution in [0.25, 0.3) is 10.9 Å². The van der Waals surface area contributed by atoms with Gasteiger partial charge in [0.2, 0.25) is 0 Å². The van der Waals surface area contributed by atoms with Crippen LogP contribution in [0.2, 0.25) is 0 Å². The number of hydrogen-bond acceptors (Lipinski definition) is 2. The van der Waals surface area contributed by atoms with Crippen LogP contribution >= 0.6 is 0 Å². The van der Waals surface area contributed by atoms with Gasteiger partial charge in [0.05, 0.1) is 7.11 Å². The molecule has 1 N–H and O–H groups in total. The van der Waals surface area contributed by atoms with E-state index in [0.29, 0.717) is 12.1 Å². The Kier molecular flexibility index (Phi) is 4.94. The first-order valence-electron chi connectivity index (χ1n) is 7.84. The number of rotatable bonds is 6. The number of H-pyrrole nitrogens is 1. The number of nitrogens with zero attached hydrogens (tertiary/aromatic N) is 1. The second kappa shape index (κ2) is 6.52. The zero-order valence-electron chi connectivity index (χ0n) is 14.2. The number of ether oxygens (including phenoxy) is 1. The van der Waals surface area contributed by atoms with Crippen molar-refractivity contribution < 1.29 is 4.74 Å². The van der Waals surface area contributed by atoms with E-state index in [1.165, 1.54) is 22.0 Å². The molecular formula is C18H28N2O. The second-order valence-electron chi connectivity index (χ2n) is 6.36. The molecule has 3 nitrogen and oxygen atoms in total. The highest BCUT2D eigenvalue weighted by Crippen LogP contribution is 2.27. The Balaban J connectivity index is 2.24. The Labute approximate surface area is 128 Å². The van der Waals surface area contributed by atoms with E-state index in [4.69, 9.17) is 4.74 Å². The maximum Gasteiger partial charge on any atom is 0.119 e. The first-order chi connectivity index (χ1) is 9.93. The predicted octanol–water partition coefficient (Wildman–Crippen LogP) is 4.15. The molecule has 0 atom stereocenters. The van der Waals surface area contributed by atoms with Gasteiger partial charge in [-0.25, -0.2) is 0 Å². The quantitative estimate of drug-likeness (QED) is 0.865. The van der Waals surface area contributed by atoms with Gasteiger partial charge in [0.25, 0.3) is 0 Å². The van der Waals surface area contributed by atoms with Crippen LogP contribution in [-0.2, 0) is 6.42 Å². The fourth-order valence-corrected chi connectivity index (χ4v) is 3.12. The summed E-state index contributed by atoms with van der Waals surface area (Å²) >= 11 is 0. The third-order valence-electron chi connectivity index (χ3n) is 4.25. The zero-order valence-corrected chi connectivity index (χ0v) is 14.2. The topological polar surface area (TPSA) is 28.3 Å². The molecule has 0 unspecified atom stereocenters.